The summed E-state index contributed by atoms with van der Waals surface area (Å²) in [5.74, 6) is 1.58. The van der Waals surface area contributed by atoms with Gasteiger partial charge in [-0.2, -0.15) is 14.6 Å². The quantitative estimate of drug-likeness (QED) is 0.735. The molecule has 4 rings (SSSR count). The molecule has 1 saturated heterocycles. The molecule has 0 aromatic carbocycles. The van der Waals surface area contributed by atoms with E-state index in [0.717, 1.165) is 49.9 Å². The highest BCUT2D eigenvalue weighted by molar-refractivity contribution is 7.13. The average Bonchev–Trinajstić information content (AvgIpc) is 3.23. The summed E-state index contributed by atoms with van der Waals surface area (Å²) in [5.41, 5.74) is 1.93. The first-order valence-corrected chi connectivity index (χ1v) is 9.33. The molecule has 0 aliphatic carbocycles. The normalized spacial score (nSPS) is 15.5. The summed E-state index contributed by atoms with van der Waals surface area (Å²) in [6, 6.07) is 2.05. The highest BCUT2D eigenvalue weighted by Crippen LogP contribution is 2.20. The maximum absolute atomic E-state index is 11.1. The Morgan fingerprint density at radius 2 is 2.08 bits per heavy atom. The first-order valence-electron chi connectivity index (χ1n) is 8.45. The van der Waals surface area contributed by atoms with E-state index < -0.39 is 0 Å². The van der Waals surface area contributed by atoms with Crippen LogP contribution >= 0.6 is 11.3 Å². The van der Waals surface area contributed by atoms with E-state index in [-0.39, 0.29) is 5.91 Å². The Morgan fingerprint density at radius 3 is 2.85 bits per heavy atom. The van der Waals surface area contributed by atoms with E-state index in [1.165, 1.54) is 24.6 Å². The van der Waals surface area contributed by atoms with Gasteiger partial charge in [-0.1, -0.05) is 0 Å². The third-order valence-corrected chi connectivity index (χ3v) is 5.08. The third-order valence-electron chi connectivity index (χ3n) is 4.28. The van der Waals surface area contributed by atoms with Crippen LogP contribution in [0.15, 0.2) is 17.8 Å². The Bertz CT molecular complexity index is 927. The van der Waals surface area contributed by atoms with Crippen LogP contribution in [0.2, 0.25) is 0 Å². The third kappa shape index (κ3) is 3.51. The molecular formula is C16H20N8OS. The van der Waals surface area contributed by atoms with Gasteiger partial charge in [-0.05, 0) is 6.92 Å². The molecule has 3 aromatic heterocycles. The van der Waals surface area contributed by atoms with Crippen molar-refractivity contribution in [1.29, 1.82) is 0 Å². The molecule has 0 atom stereocenters. The number of aromatic nitrogens is 5. The molecule has 0 spiro atoms. The highest BCUT2D eigenvalue weighted by atomic mass is 32.1. The minimum absolute atomic E-state index is 0.0911. The first kappa shape index (κ1) is 16.9. The molecule has 26 heavy (non-hydrogen) atoms. The van der Waals surface area contributed by atoms with Gasteiger partial charge in [0.05, 0.1) is 5.69 Å². The van der Waals surface area contributed by atoms with Gasteiger partial charge in [0.2, 0.25) is 5.91 Å². The van der Waals surface area contributed by atoms with Gasteiger partial charge >= 0.3 is 0 Å². The van der Waals surface area contributed by atoms with Crippen LogP contribution in [0.5, 0.6) is 0 Å². The Balaban J connectivity index is 1.40. The molecule has 10 heteroatoms. The number of rotatable bonds is 4. The molecule has 1 fully saturated rings. The molecule has 4 heterocycles. The maximum Gasteiger partial charge on any atom is 0.254 e. The predicted molar refractivity (Wildman–Crippen MR) is 99.4 cm³/mol. The van der Waals surface area contributed by atoms with Gasteiger partial charge in [-0.3, -0.25) is 9.69 Å². The molecule has 1 aliphatic rings. The molecule has 0 bridgehead atoms. The van der Waals surface area contributed by atoms with Gasteiger partial charge in [0, 0.05) is 56.8 Å². The fraction of sp³-hybridized carbons (Fsp3) is 0.438. The van der Waals surface area contributed by atoms with Gasteiger partial charge in [0.25, 0.3) is 5.78 Å². The first-order chi connectivity index (χ1) is 12.6. The van der Waals surface area contributed by atoms with Crippen LogP contribution in [0.25, 0.3) is 5.78 Å². The summed E-state index contributed by atoms with van der Waals surface area (Å²) in [7, 11) is 0. The summed E-state index contributed by atoms with van der Waals surface area (Å²) in [6.45, 7) is 7.94. The largest absolute Gasteiger partial charge is 0.354 e. The van der Waals surface area contributed by atoms with Crippen molar-refractivity contribution in [2.75, 3.05) is 36.4 Å². The number of carbonyl (C=O) groups excluding carboxylic acids is 1. The summed E-state index contributed by atoms with van der Waals surface area (Å²) in [5, 5.41) is 9.69. The van der Waals surface area contributed by atoms with Crippen molar-refractivity contribution >= 4 is 34.0 Å². The van der Waals surface area contributed by atoms with Gasteiger partial charge in [0.1, 0.15) is 12.1 Å². The Labute approximate surface area is 154 Å². The minimum atomic E-state index is -0.0911. The summed E-state index contributed by atoms with van der Waals surface area (Å²) in [6.07, 6.45) is 1.54. The number of piperazine rings is 1. The highest BCUT2D eigenvalue weighted by Gasteiger charge is 2.21. The Kier molecular flexibility index (Phi) is 4.51. The second-order valence-corrected chi connectivity index (χ2v) is 7.17. The fourth-order valence-corrected chi connectivity index (χ4v) is 3.84. The Hall–Kier alpha value is -2.59. The lowest BCUT2D eigenvalue weighted by molar-refractivity contribution is -0.114. The molecule has 0 saturated carbocycles. The lowest BCUT2D eigenvalue weighted by atomic mass is 10.3. The van der Waals surface area contributed by atoms with Crippen LogP contribution in [0.4, 0.5) is 10.9 Å². The zero-order chi connectivity index (χ0) is 18.1. The predicted octanol–water partition coefficient (Wildman–Crippen LogP) is 1.17. The Morgan fingerprint density at radius 1 is 1.27 bits per heavy atom. The number of aryl methyl sites for hydroxylation is 1. The maximum atomic E-state index is 11.1. The number of nitrogens with one attached hydrogen (secondary N) is 1. The van der Waals surface area contributed by atoms with E-state index in [4.69, 9.17) is 0 Å². The van der Waals surface area contributed by atoms with Crippen molar-refractivity contribution in [1.82, 2.24) is 29.5 Å². The standard InChI is InChI=1S/C16H20N8OS/c1-11-7-14(24-15(19-11)17-10-18-24)23-5-3-22(4-6-23)8-13-9-26-16(21-13)20-12(2)25/h7,9-10H,3-6,8H2,1-2H3,(H,20,21,25). The van der Waals surface area contributed by atoms with Gasteiger partial charge in [-0.15, -0.1) is 11.3 Å². The number of nitrogens with zero attached hydrogens (tertiary/aromatic N) is 7. The van der Waals surface area contributed by atoms with Crippen molar-refractivity contribution in [2.24, 2.45) is 0 Å². The van der Waals surface area contributed by atoms with Crippen molar-refractivity contribution in [3.63, 3.8) is 0 Å². The van der Waals surface area contributed by atoms with Crippen LogP contribution in [0, 0.1) is 6.92 Å². The molecule has 0 radical (unpaired) electrons. The monoisotopic (exact) mass is 372 g/mol. The number of carbonyl (C=O) groups is 1. The number of hydrogen-bond acceptors (Lipinski definition) is 8. The smallest absolute Gasteiger partial charge is 0.254 e. The fourth-order valence-electron chi connectivity index (χ4n) is 3.09. The zero-order valence-electron chi connectivity index (χ0n) is 14.7. The second-order valence-electron chi connectivity index (χ2n) is 6.32. The SMILES string of the molecule is CC(=O)Nc1nc(CN2CCN(c3cc(C)nc4ncnn34)CC2)cs1. The molecule has 1 N–H and O–H groups in total. The van der Waals surface area contributed by atoms with Crippen LogP contribution in [0.3, 0.4) is 0 Å². The molecule has 136 valence electrons. The van der Waals surface area contributed by atoms with Gasteiger partial charge in [0.15, 0.2) is 5.13 Å². The number of anilines is 2. The number of thiazole rings is 1. The van der Waals surface area contributed by atoms with E-state index in [1.807, 2.05) is 12.3 Å². The van der Waals surface area contributed by atoms with Crippen molar-refractivity contribution in [2.45, 2.75) is 20.4 Å². The van der Waals surface area contributed by atoms with E-state index in [2.05, 4.69) is 41.2 Å². The zero-order valence-corrected chi connectivity index (χ0v) is 15.5. The van der Waals surface area contributed by atoms with Crippen LogP contribution in [0.1, 0.15) is 18.3 Å². The van der Waals surface area contributed by atoms with E-state index in [0.29, 0.717) is 10.9 Å². The topological polar surface area (TPSA) is 91.5 Å². The van der Waals surface area contributed by atoms with Crippen molar-refractivity contribution in [3.05, 3.63) is 29.2 Å². The minimum Gasteiger partial charge on any atom is -0.354 e. The van der Waals surface area contributed by atoms with Gasteiger partial charge < -0.3 is 10.2 Å². The molecule has 3 aromatic rings. The number of amides is 1. The molecular weight excluding hydrogens is 352 g/mol. The second kappa shape index (κ2) is 6.96. The number of fused-ring (bicyclic) bond motifs is 1. The van der Waals surface area contributed by atoms with Crippen molar-refractivity contribution < 1.29 is 4.79 Å². The number of hydrogen-bond donors (Lipinski definition) is 1. The molecule has 0 unspecified atom stereocenters. The summed E-state index contributed by atoms with van der Waals surface area (Å²) >= 11 is 1.46. The lowest BCUT2D eigenvalue weighted by Crippen LogP contribution is -2.46. The summed E-state index contributed by atoms with van der Waals surface area (Å²) in [4.78, 5) is 28.9. The van der Waals surface area contributed by atoms with Crippen LogP contribution in [-0.4, -0.2) is 61.6 Å². The molecule has 1 aliphatic heterocycles. The van der Waals surface area contributed by atoms with Crippen LogP contribution in [-0.2, 0) is 11.3 Å². The van der Waals surface area contributed by atoms with Crippen LogP contribution < -0.4 is 10.2 Å². The van der Waals surface area contributed by atoms with E-state index in [1.54, 1.807) is 4.52 Å². The van der Waals surface area contributed by atoms with Gasteiger partial charge in [-0.25, -0.2) is 9.97 Å². The lowest BCUT2D eigenvalue weighted by Gasteiger charge is -2.35. The van der Waals surface area contributed by atoms with E-state index in [9.17, 15) is 4.79 Å². The molecule has 1 amide bonds. The average molecular weight is 372 g/mol. The van der Waals surface area contributed by atoms with Crippen molar-refractivity contribution in [3.8, 4) is 0 Å². The summed E-state index contributed by atoms with van der Waals surface area (Å²) < 4.78 is 1.79. The molecule has 9 nitrogen and oxygen atoms in total. The van der Waals surface area contributed by atoms with E-state index >= 15 is 0 Å².